The van der Waals surface area contributed by atoms with E-state index in [0.29, 0.717) is 12.1 Å². The smallest absolute Gasteiger partial charge is 0.252 e. The second-order valence-corrected chi connectivity index (χ2v) is 5.52. The molecule has 20 heavy (non-hydrogen) atoms. The van der Waals surface area contributed by atoms with Crippen LogP contribution < -0.4 is 10.6 Å². The zero-order chi connectivity index (χ0) is 13.0. The van der Waals surface area contributed by atoms with Gasteiger partial charge in [0.25, 0.3) is 5.91 Å². The van der Waals surface area contributed by atoms with Crippen LogP contribution in [0.2, 0.25) is 0 Å². The van der Waals surface area contributed by atoms with Crippen molar-refractivity contribution in [1.82, 2.24) is 15.6 Å². The maximum atomic E-state index is 12.0. The molecule has 6 heteroatoms. The van der Waals surface area contributed by atoms with Crippen LogP contribution >= 0.6 is 24.8 Å². The van der Waals surface area contributed by atoms with E-state index in [1.807, 2.05) is 13.0 Å². The first-order chi connectivity index (χ1) is 8.59. The lowest BCUT2D eigenvalue weighted by Gasteiger charge is -2.34. The first-order valence-corrected chi connectivity index (χ1v) is 6.50. The summed E-state index contributed by atoms with van der Waals surface area (Å²) < 4.78 is 0. The van der Waals surface area contributed by atoms with E-state index in [4.69, 9.17) is 0 Å². The summed E-state index contributed by atoms with van der Waals surface area (Å²) in [5, 5.41) is 6.40. The molecule has 1 amide bonds. The molecule has 0 spiro atoms. The van der Waals surface area contributed by atoms with Gasteiger partial charge in [-0.05, 0) is 43.4 Å². The van der Waals surface area contributed by atoms with Crippen LogP contribution in [0, 0.1) is 12.3 Å². The van der Waals surface area contributed by atoms with Gasteiger partial charge in [-0.25, -0.2) is 0 Å². The first kappa shape index (κ1) is 19.2. The minimum absolute atomic E-state index is 0. The number of hydrogen-bond donors (Lipinski definition) is 2. The van der Waals surface area contributed by atoms with Gasteiger partial charge in [0.15, 0.2) is 0 Å². The largest absolute Gasteiger partial charge is 0.351 e. The van der Waals surface area contributed by atoms with Crippen LogP contribution in [0.1, 0.15) is 35.7 Å². The fraction of sp³-hybridized carbons (Fsp3) is 0.571. The Balaban J connectivity index is 0.00000180. The van der Waals surface area contributed by atoms with E-state index in [1.165, 1.54) is 6.42 Å². The van der Waals surface area contributed by atoms with E-state index in [1.54, 1.807) is 12.4 Å². The molecular formula is C14H23Cl2N3O. The van der Waals surface area contributed by atoms with E-state index in [-0.39, 0.29) is 36.1 Å². The van der Waals surface area contributed by atoms with Crippen molar-refractivity contribution >= 4 is 30.7 Å². The second kappa shape index (κ2) is 8.45. The number of aryl methyl sites for hydroxylation is 1. The van der Waals surface area contributed by atoms with Crippen LogP contribution in [0.5, 0.6) is 0 Å². The molecule has 4 nitrogen and oxygen atoms in total. The van der Waals surface area contributed by atoms with E-state index in [2.05, 4.69) is 22.5 Å². The van der Waals surface area contributed by atoms with Crippen LogP contribution in [-0.4, -0.2) is 30.5 Å². The molecule has 2 rings (SSSR count). The summed E-state index contributed by atoms with van der Waals surface area (Å²) in [5.41, 5.74) is 1.82. The molecule has 1 saturated heterocycles. The molecule has 2 heterocycles. The number of carbonyl (C=O) groups excluding carboxylic acids is 1. The molecule has 1 aromatic rings. The van der Waals surface area contributed by atoms with E-state index < -0.39 is 0 Å². The maximum Gasteiger partial charge on any atom is 0.252 e. The number of rotatable bonds is 3. The van der Waals surface area contributed by atoms with Gasteiger partial charge in [-0.3, -0.25) is 9.78 Å². The van der Waals surface area contributed by atoms with E-state index in [9.17, 15) is 4.79 Å². The van der Waals surface area contributed by atoms with Crippen molar-refractivity contribution in [1.29, 1.82) is 0 Å². The highest BCUT2D eigenvalue weighted by Gasteiger charge is 2.27. The molecule has 1 unspecified atom stereocenters. The monoisotopic (exact) mass is 319 g/mol. The van der Waals surface area contributed by atoms with Crippen molar-refractivity contribution in [2.75, 3.05) is 19.6 Å². The van der Waals surface area contributed by atoms with Gasteiger partial charge in [0, 0.05) is 25.5 Å². The van der Waals surface area contributed by atoms with Crippen molar-refractivity contribution in [3.8, 4) is 0 Å². The molecule has 1 aliphatic heterocycles. The van der Waals surface area contributed by atoms with Crippen molar-refractivity contribution in [3.05, 3.63) is 29.6 Å². The number of carbonyl (C=O) groups is 1. The zero-order valence-corrected chi connectivity index (χ0v) is 13.6. The molecule has 0 saturated carbocycles. The Morgan fingerprint density at radius 2 is 2.20 bits per heavy atom. The predicted octanol–water partition coefficient (Wildman–Crippen LogP) is 2.35. The number of halogens is 2. The van der Waals surface area contributed by atoms with Crippen LogP contribution in [0.4, 0.5) is 0 Å². The molecule has 0 aliphatic carbocycles. The van der Waals surface area contributed by atoms with Crippen molar-refractivity contribution < 1.29 is 4.79 Å². The van der Waals surface area contributed by atoms with Crippen LogP contribution in [0.25, 0.3) is 0 Å². The van der Waals surface area contributed by atoms with Crippen LogP contribution in [0.3, 0.4) is 0 Å². The van der Waals surface area contributed by atoms with Crippen molar-refractivity contribution in [2.24, 2.45) is 5.41 Å². The van der Waals surface area contributed by atoms with Gasteiger partial charge in [0.05, 0.1) is 5.56 Å². The van der Waals surface area contributed by atoms with Gasteiger partial charge in [-0.1, -0.05) is 6.92 Å². The molecule has 114 valence electrons. The first-order valence-electron chi connectivity index (χ1n) is 6.50. The lowest BCUT2D eigenvalue weighted by molar-refractivity contribution is 0.0924. The van der Waals surface area contributed by atoms with Gasteiger partial charge in [-0.2, -0.15) is 0 Å². The third kappa shape index (κ3) is 5.27. The summed E-state index contributed by atoms with van der Waals surface area (Å²) >= 11 is 0. The summed E-state index contributed by atoms with van der Waals surface area (Å²) in [7, 11) is 0. The Morgan fingerprint density at radius 1 is 1.45 bits per heavy atom. The normalized spacial score (nSPS) is 21.3. The number of pyridine rings is 1. The third-order valence-electron chi connectivity index (χ3n) is 3.50. The van der Waals surface area contributed by atoms with Gasteiger partial charge >= 0.3 is 0 Å². The highest BCUT2D eigenvalue weighted by atomic mass is 35.5. The van der Waals surface area contributed by atoms with Crippen molar-refractivity contribution in [2.45, 2.75) is 26.7 Å². The summed E-state index contributed by atoms with van der Waals surface area (Å²) in [4.78, 5) is 16.1. The summed E-state index contributed by atoms with van der Waals surface area (Å²) in [6.45, 7) is 6.93. The third-order valence-corrected chi connectivity index (χ3v) is 3.50. The van der Waals surface area contributed by atoms with Crippen molar-refractivity contribution in [3.63, 3.8) is 0 Å². The molecule has 0 bridgehead atoms. The van der Waals surface area contributed by atoms with E-state index in [0.717, 1.165) is 25.1 Å². The molecular weight excluding hydrogens is 297 g/mol. The Morgan fingerprint density at radius 3 is 2.80 bits per heavy atom. The second-order valence-electron chi connectivity index (χ2n) is 5.52. The van der Waals surface area contributed by atoms with E-state index >= 15 is 0 Å². The summed E-state index contributed by atoms with van der Waals surface area (Å²) in [6, 6.07) is 1.86. The highest BCUT2D eigenvalue weighted by Crippen LogP contribution is 2.24. The average Bonchev–Trinajstić information content (AvgIpc) is 2.37. The molecule has 0 aromatic carbocycles. The highest BCUT2D eigenvalue weighted by molar-refractivity contribution is 5.94. The number of nitrogens with one attached hydrogen (secondary N) is 2. The molecule has 1 fully saturated rings. The fourth-order valence-electron chi connectivity index (χ4n) is 2.34. The Bertz CT molecular complexity index is 434. The SMILES string of the molecule is Cc1cncc(C(=O)NCC2(C)CCCNC2)c1.Cl.Cl. The zero-order valence-electron chi connectivity index (χ0n) is 11.9. The molecule has 0 radical (unpaired) electrons. The van der Waals surface area contributed by atoms with Gasteiger partial charge < -0.3 is 10.6 Å². The topological polar surface area (TPSA) is 54.0 Å². The lowest BCUT2D eigenvalue weighted by Crippen LogP contribution is -2.45. The Kier molecular flexibility index (Phi) is 8.09. The molecule has 1 aliphatic rings. The molecule has 2 N–H and O–H groups in total. The lowest BCUT2D eigenvalue weighted by atomic mass is 9.83. The molecule has 1 atom stereocenters. The van der Waals surface area contributed by atoms with Crippen LogP contribution in [-0.2, 0) is 0 Å². The molecule has 1 aromatic heterocycles. The minimum Gasteiger partial charge on any atom is -0.351 e. The van der Waals surface area contributed by atoms with Crippen LogP contribution in [0.15, 0.2) is 18.5 Å². The number of piperidine rings is 1. The number of aromatic nitrogens is 1. The van der Waals surface area contributed by atoms with Gasteiger partial charge in [0.1, 0.15) is 0 Å². The van der Waals surface area contributed by atoms with Gasteiger partial charge in [-0.15, -0.1) is 24.8 Å². The summed E-state index contributed by atoms with van der Waals surface area (Å²) in [6.07, 6.45) is 5.71. The quantitative estimate of drug-likeness (QED) is 0.899. The Labute approximate surface area is 132 Å². The average molecular weight is 320 g/mol. The maximum absolute atomic E-state index is 12.0. The Hall–Kier alpha value is -0.840. The number of amides is 1. The fourth-order valence-corrected chi connectivity index (χ4v) is 2.34. The number of hydrogen-bond acceptors (Lipinski definition) is 3. The summed E-state index contributed by atoms with van der Waals surface area (Å²) in [5.74, 6) is -0.0296. The minimum atomic E-state index is -0.0296. The number of nitrogens with zero attached hydrogens (tertiary/aromatic N) is 1. The predicted molar refractivity (Wildman–Crippen MR) is 86.0 cm³/mol. The standard InChI is InChI=1S/C14H21N3O.2ClH/c1-11-6-12(8-16-7-11)13(18)17-10-14(2)4-3-5-15-9-14;;/h6-8,15H,3-5,9-10H2,1-2H3,(H,17,18);2*1H. The van der Waals surface area contributed by atoms with Gasteiger partial charge in [0.2, 0.25) is 0 Å².